The van der Waals surface area contributed by atoms with Crippen molar-refractivity contribution >= 4 is 0 Å². The molecule has 0 spiro atoms. The molecule has 1 N–H and O–H groups in total. The van der Waals surface area contributed by atoms with E-state index < -0.39 is 0 Å². The summed E-state index contributed by atoms with van der Waals surface area (Å²) in [5.74, 6) is 1.70. The molecule has 0 aromatic heterocycles. The minimum atomic E-state index is 0.531. The molecule has 0 radical (unpaired) electrons. The molecule has 3 atom stereocenters. The predicted molar refractivity (Wildman–Crippen MR) is 78.9 cm³/mol. The van der Waals surface area contributed by atoms with Crippen molar-refractivity contribution in [1.29, 1.82) is 0 Å². The van der Waals surface area contributed by atoms with E-state index in [9.17, 15) is 0 Å². The van der Waals surface area contributed by atoms with Gasteiger partial charge in [-0.1, -0.05) is 27.7 Å². The Hall–Kier alpha value is -0.0800. The van der Waals surface area contributed by atoms with Crippen molar-refractivity contribution in [2.24, 2.45) is 11.8 Å². The number of ether oxygens (including phenoxy) is 1. The molecule has 1 fully saturated rings. The number of hydrogen-bond donors (Lipinski definition) is 1. The van der Waals surface area contributed by atoms with Gasteiger partial charge in [0.05, 0.1) is 6.10 Å². The standard InChI is InChI=1S/C16H33NO/c1-5-15(17-6-2)8-7-9-18-16-11-13(3)10-14(4)12-16/h13-17H,5-12H2,1-4H3. The Morgan fingerprint density at radius 2 is 1.78 bits per heavy atom. The molecule has 0 amide bonds. The molecular weight excluding hydrogens is 222 g/mol. The first-order valence-electron chi connectivity index (χ1n) is 8.00. The van der Waals surface area contributed by atoms with Crippen LogP contribution in [0.25, 0.3) is 0 Å². The van der Waals surface area contributed by atoms with Gasteiger partial charge in [-0.3, -0.25) is 0 Å². The third kappa shape index (κ3) is 6.19. The van der Waals surface area contributed by atoms with E-state index >= 15 is 0 Å². The minimum absolute atomic E-state index is 0.531. The summed E-state index contributed by atoms with van der Waals surface area (Å²) < 4.78 is 6.07. The Morgan fingerprint density at radius 1 is 1.11 bits per heavy atom. The molecule has 108 valence electrons. The van der Waals surface area contributed by atoms with E-state index in [1.807, 2.05) is 0 Å². The van der Waals surface area contributed by atoms with Gasteiger partial charge < -0.3 is 10.1 Å². The molecule has 2 nitrogen and oxygen atoms in total. The van der Waals surface area contributed by atoms with Crippen molar-refractivity contribution in [3.63, 3.8) is 0 Å². The van der Waals surface area contributed by atoms with Gasteiger partial charge in [-0.15, -0.1) is 0 Å². The summed E-state index contributed by atoms with van der Waals surface area (Å²) in [4.78, 5) is 0. The third-order valence-electron chi connectivity index (χ3n) is 4.17. The fourth-order valence-corrected chi connectivity index (χ4v) is 3.33. The van der Waals surface area contributed by atoms with Gasteiger partial charge in [0.15, 0.2) is 0 Å². The first-order valence-corrected chi connectivity index (χ1v) is 8.00. The summed E-state index contributed by atoms with van der Waals surface area (Å²) in [6, 6.07) is 0.683. The van der Waals surface area contributed by atoms with E-state index in [-0.39, 0.29) is 0 Å². The summed E-state index contributed by atoms with van der Waals surface area (Å²) in [7, 11) is 0. The average Bonchev–Trinajstić information content (AvgIpc) is 2.32. The van der Waals surface area contributed by atoms with Gasteiger partial charge in [-0.2, -0.15) is 0 Å². The molecule has 0 bridgehead atoms. The van der Waals surface area contributed by atoms with Crippen LogP contribution in [0, 0.1) is 11.8 Å². The van der Waals surface area contributed by atoms with Gasteiger partial charge >= 0.3 is 0 Å². The molecule has 0 aromatic rings. The van der Waals surface area contributed by atoms with Gasteiger partial charge in [0.1, 0.15) is 0 Å². The Balaban J connectivity index is 2.09. The zero-order chi connectivity index (χ0) is 13.4. The van der Waals surface area contributed by atoms with Crippen LogP contribution in [-0.4, -0.2) is 25.3 Å². The zero-order valence-corrected chi connectivity index (χ0v) is 12.9. The quantitative estimate of drug-likeness (QED) is 0.662. The molecule has 2 heteroatoms. The monoisotopic (exact) mass is 255 g/mol. The average molecular weight is 255 g/mol. The highest BCUT2D eigenvalue weighted by Crippen LogP contribution is 2.30. The first-order chi connectivity index (χ1) is 8.65. The second-order valence-corrected chi connectivity index (χ2v) is 6.22. The van der Waals surface area contributed by atoms with Crippen LogP contribution in [0.2, 0.25) is 0 Å². The molecule has 0 aliphatic heterocycles. The van der Waals surface area contributed by atoms with Crippen LogP contribution in [0.1, 0.15) is 66.2 Å². The smallest absolute Gasteiger partial charge is 0.0580 e. The van der Waals surface area contributed by atoms with Crippen molar-refractivity contribution in [2.75, 3.05) is 13.2 Å². The zero-order valence-electron chi connectivity index (χ0n) is 12.9. The van der Waals surface area contributed by atoms with Crippen LogP contribution in [0.5, 0.6) is 0 Å². The van der Waals surface area contributed by atoms with Crippen LogP contribution in [0.15, 0.2) is 0 Å². The maximum Gasteiger partial charge on any atom is 0.0580 e. The van der Waals surface area contributed by atoms with Crippen LogP contribution in [0.3, 0.4) is 0 Å². The maximum atomic E-state index is 6.07. The lowest BCUT2D eigenvalue weighted by Crippen LogP contribution is -2.29. The number of rotatable bonds is 8. The second-order valence-electron chi connectivity index (χ2n) is 6.22. The molecule has 0 aromatic carbocycles. The topological polar surface area (TPSA) is 21.3 Å². The van der Waals surface area contributed by atoms with Crippen molar-refractivity contribution in [3.05, 3.63) is 0 Å². The summed E-state index contributed by atoms with van der Waals surface area (Å²) >= 11 is 0. The third-order valence-corrected chi connectivity index (χ3v) is 4.17. The van der Waals surface area contributed by atoms with Crippen molar-refractivity contribution < 1.29 is 4.74 Å². The molecule has 18 heavy (non-hydrogen) atoms. The summed E-state index contributed by atoms with van der Waals surface area (Å²) in [5.41, 5.74) is 0. The Morgan fingerprint density at radius 3 is 2.33 bits per heavy atom. The lowest BCUT2D eigenvalue weighted by atomic mass is 9.82. The highest BCUT2D eigenvalue weighted by atomic mass is 16.5. The maximum absolute atomic E-state index is 6.07. The number of hydrogen-bond acceptors (Lipinski definition) is 2. The number of nitrogens with one attached hydrogen (secondary N) is 1. The molecular formula is C16H33NO. The molecule has 1 rings (SSSR count). The Labute approximate surface area is 114 Å². The molecule has 0 heterocycles. The molecule has 1 aliphatic rings. The van der Waals surface area contributed by atoms with Gasteiger partial charge in [0.25, 0.3) is 0 Å². The van der Waals surface area contributed by atoms with Crippen molar-refractivity contribution in [3.8, 4) is 0 Å². The SMILES string of the molecule is CCNC(CC)CCCOC1CC(C)CC(C)C1. The largest absolute Gasteiger partial charge is 0.378 e. The van der Waals surface area contributed by atoms with E-state index in [4.69, 9.17) is 4.74 Å². The van der Waals surface area contributed by atoms with Gasteiger partial charge in [0, 0.05) is 12.6 Å². The fraction of sp³-hybridized carbons (Fsp3) is 1.00. The van der Waals surface area contributed by atoms with Crippen molar-refractivity contribution in [2.45, 2.75) is 78.4 Å². The van der Waals surface area contributed by atoms with Gasteiger partial charge in [-0.05, 0) is 56.9 Å². The van der Waals surface area contributed by atoms with Crippen LogP contribution < -0.4 is 5.32 Å². The lowest BCUT2D eigenvalue weighted by Gasteiger charge is -2.31. The highest BCUT2D eigenvalue weighted by molar-refractivity contribution is 4.75. The van der Waals surface area contributed by atoms with Crippen LogP contribution in [0.4, 0.5) is 0 Å². The Kier molecular flexibility index (Phi) is 7.92. The summed E-state index contributed by atoms with van der Waals surface area (Å²) in [6.45, 7) is 11.2. The van der Waals surface area contributed by atoms with Gasteiger partial charge in [-0.25, -0.2) is 0 Å². The van der Waals surface area contributed by atoms with Crippen LogP contribution in [-0.2, 0) is 4.74 Å². The van der Waals surface area contributed by atoms with E-state index in [2.05, 4.69) is 33.0 Å². The van der Waals surface area contributed by atoms with Gasteiger partial charge in [0.2, 0.25) is 0 Å². The summed E-state index contributed by atoms with van der Waals surface area (Å²) in [5, 5.41) is 3.53. The van der Waals surface area contributed by atoms with E-state index in [0.717, 1.165) is 25.0 Å². The molecule has 1 aliphatic carbocycles. The minimum Gasteiger partial charge on any atom is -0.378 e. The molecule has 1 saturated carbocycles. The normalized spacial score (nSPS) is 30.3. The predicted octanol–water partition coefficient (Wildman–Crippen LogP) is 4.00. The van der Waals surface area contributed by atoms with E-state index in [1.54, 1.807) is 0 Å². The fourth-order valence-electron chi connectivity index (χ4n) is 3.33. The molecule has 3 unspecified atom stereocenters. The Bertz CT molecular complexity index is 197. The lowest BCUT2D eigenvalue weighted by molar-refractivity contribution is -0.00118. The molecule has 0 saturated heterocycles. The van der Waals surface area contributed by atoms with E-state index in [1.165, 1.54) is 38.5 Å². The van der Waals surface area contributed by atoms with Crippen molar-refractivity contribution in [1.82, 2.24) is 5.32 Å². The highest BCUT2D eigenvalue weighted by Gasteiger charge is 2.24. The second kappa shape index (κ2) is 8.92. The van der Waals surface area contributed by atoms with Crippen LogP contribution >= 0.6 is 0 Å². The summed E-state index contributed by atoms with van der Waals surface area (Å²) in [6.07, 6.45) is 8.14. The first kappa shape index (κ1) is 16.0. The van der Waals surface area contributed by atoms with E-state index in [0.29, 0.717) is 12.1 Å².